The number of nitrogens with zero attached hydrogens (tertiary/aromatic N) is 4. The summed E-state index contributed by atoms with van der Waals surface area (Å²) in [6.07, 6.45) is 5.03. The molecule has 2 heterocycles. The van der Waals surface area contributed by atoms with Crippen molar-refractivity contribution in [2.24, 2.45) is 5.92 Å². The number of piperidine rings is 1. The lowest BCUT2D eigenvalue weighted by Gasteiger charge is -2.32. The van der Waals surface area contributed by atoms with Crippen LogP contribution in [0.2, 0.25) is 0 Å². The summed E-state index contributed by atoms with van der Waals surface area (Å²) in [4.78, 5) is 14.8. The number of aromatic nitrogens is 3. The van der Waals surface area contributed by atoms with Crippen molar-refractivity contribution in [3.63, 3.8) is 0 Å². The lowest BCUT2D eigenvalue weighted by atomic mass is 10.1. The number of rotatable bonds is 6. The quantitative estimate of drug-likeness (QED) is 0.834. The van der Waals surface area contributed by atoms with E-state index in [0.717, 1.165) is 31.8 Å². The molecule has 1 N–H and O–H groups in total. The number of anilines is 1. The summed E-state index contributed by atoms with van der Waals surface area (Å²) in [5, 5.41) is 3.67. The topological polar surface area (TPSA) is 72.4 Å². The monoisotopic (exact) mass is 293 g/mol. The molecule has 0 atom stereocenters. The zero-order valence-corrected chi connectivity index (χ0v) is 12.7. The maximum atomic E-state index is 5.10. The van der Waals surface area contributed by atoms with Gasteiger partial charge in [-0.15, -0.1) is 4.98 Å². The van der Waals surface area contributed by atoms with Gasteiger partial charge in [-0.25, -0.2) is 0 Å². The molecule has 3 rings (SSSR count). The summed E-state index contributed by atoms with van der Waals surface area (Å²) in [6, 6.07) is 1.21. The minimum absolute atomic E-state index is 0.297. The van der Waals surface area contributed by atoms with Crippen LogP contribution in [0.1, 0.15) is 25.7 Å². The third kappa shape index (κ3) is 3.72. The Morgan fingerprint density at radius 3 is 2.14 bits per heavy atom. The van der Waals surface area contributed by atoms with Crippen LogP contribution in [0, 0.1) is 5.92 Å². The first-order chi connectivity index (χ1) is 10.3. The summed E-state index contributed by atoms with van der Waals surface area (Å²) in [5.41, 5.74) is 0. The Morgan fingerprint density at radius 1 is 1.00 bits per heavy atom. The molecule has 1 saturated carbocycles. The van der Waals surface area contributed by atoms with Crippen molar-refractivity contribution in [2.75, 3.05) is 38.8 Å². The molecule has 1 aliphatic carbocycles. The molecule has 7 heteroatoms. The van der Waals surface area contributed by atoms with Crippen LogP contribution in [0.25, 0.3) is 0 Å². The number of nitrogens with one attached hydrogen (secondary N) is 1. The van der Waals surface area contributed by atoms with Crippen molar-refractivity contribution in [1.29, 1.82) is 0 Å². The summed E-state index contributed by atoms with van der Waals surface area (Å²) < 4.78 is 10.2. The molecular weight excluding hydrogens is 270 g/mol. The zero-order valence-electron chi connectivity index (χ0n) is 12.7. The zero-order chi connectivity index (χ0) is 14.7. The van der Waals surface area contributed by atoms with Gasteiger partial charge in [0.2, 0.25) is 5.95 Å². The van der Waals surface area contributed by atoms with Crippen LogP contribution in [0.15, 0.2) is 0 Å². The van der Waals surface area contributed by atoms with Gasteiger partial charge in [-0.2, -0.15) is 9.97 Å². The largest absolute Gasteiger partial charge is 0.467 e. The first-order valence-corrected chi connectivity index (χ1v) is 7.61. The Labute approximate surface area is 125 Å². The van der Waals surface area contributed by atoms with Crippen molar-refractivity contribution in [3.05, 3.63) is 0 Å². The standard InChI is InChI=1S/C14H23N5O2/c1-20-13-16-12(17-14(18-13)21-2)19-7-5-11(6-8-19)15-9-10-3-4-10/h10-11,15H,3-9H2,1-2H3. The summed E-state index contributed by atoms with van der Waals surface area (Å²) >= 11 is 0. The lowest BCUT2D eigenvalue weighted by molar-refractivity contribution is 0.337. The Morgan fingerprint density at radius 2 is 1.62 bits per heavy atom. The minimum atomic E-state index is 0.297. The molecule has 2 fully saturated rings. The van der Waals surface area contributed by atoms with E-state index in [0.29, 0.717) is 24.0 Å². The molecule has 1 aromatic rings. The van der Waals surface area contributed by atoms with Gasteiger partial charge in [0.1, 0.15) is 0 Å². The normalized spacial score (nSPS) is 19.6. The Balaban J connectivity index is 1.57. The van der Waals surface area contributed by atoms with Gasteiger partial charge < -0.3 is 19.7 Å². The van der Waals surface area contributed by atoms with Gasteiger partial charge in [-0.1, -0.05) is 0 Å². The fourth-order valence-electron chi connectivity index (χ4n) is 2.59. The summed E-state index contributed by atoms with van der Waals surface area (Å²) in [7, 11) is 3.10. The molecule has 116 valence electrons. The summed E-state index contributed by atoms with van der Waals surface area (Å²) in [6.45, 7) is 3.06. The van der Waals surface area contributed by atoms with Crippen LogP contribution in [-0.4, -0.2) is 54.8 Å². The van der Waals surface area contributed by atoms with Crippen LogP contribution < -0.4 is 19.7 Å². The van der Waals surface area contributed by atoms with Gasteiger partial charge in [0.05, 0.1) is 14.2 Å². The Hall–Kier alpha value is -1.63. The lowest BCUT2D eigenvalue weighted by Crippen LogP contribution is -2.43. The Kier molecular flexibility index (Phi) is 4.38. The van der Waals surface area contributed by atoms with E-state index >= 15 is 0 Å². The first-order valence-electron chi connectivity index (χ1n) is 7.61. The van der Waals surface area contributed by atoms with E-state index in [1.54, 1.807) is 14.2 Å². The molecule has 0 radical (unpaired) electrons. The molecular formula is C14H23N5O2. The molecule has 21 heavy (non-hydrogen) atoms. The molecule has 1 saturated heterocycles. The van der Waals surface area contributed by atoms with Crippen LogP contribution in [0.4, 0.5) is 5.95 Å². The molecule has 0 aromatic carbocycles. The number of hydrogen-bond donors (Lipinski definition) is 1. The van der Waals surface area contributed by atoms with Crippen molar-refractivity contribution < 1.29 is 9.47 Å². The van der Waals surface area contributed by atoms with E-state index in [4.69, 9.17) is 9.47 Å². The van der Waals surface area contributed by atoms with Gasteiger partial charge in [-0.05, 0) is 38.1 Å². The molecule has 0 unspecified atom stereocenters. The van der Waals surface area contributed by atoms with Crippen molar-refractivity contribution >= 4 is 5.95 Å². The van der Waals surface area contributed by atoms with Gasteiger partial charge in [0.25, 0.3) is 0 Å². The summed E-state index contributed by atoms with van der Waals surface area (Å²) in [5.74, 6) is 1.57. The van der Waals surface area contributed by atoms with Gasteiger partial charge in [0, 0.05) is 19.1 Å². The maximum Gasteiger partial charge on any atom is 0.324 e. The predicted molar refractivity (Wildman–Crippen MR) is 78.9 cm³/mol. The van der Waals surface area contributed by atoms with E-state index in [1.807, 2.05) is 0 Å². The van der Waals surface area contributed by atoms with Crippen LogP contribution in [0.5, 0.6) is 12.0 Å². The van der Waals surface area contributed by atoms with Crippen molar-refractivity contribution in [2.45, 2.75) is 31.7 Å². The molecule has 7 nitrogen and oxygen atoms in total. The van der Waals surface area contributed by atoms with Crippen LogP contribution >= 0.6 is 0 Å². The van der Waals surface area contributed by atoms with Gasteiger partial charge in [-0.3, -0.25) is 0 Å². The van der Waals surface area contributed by atoms with Crippen LogP contribution in [0.3, 0.4) is 0 Å². The highest BCUT2D eigenvalue weighted by atomic mass is 16.5. The first kappa shape index (κ1) is 14.3. The highest BCUT2D eigenvalue weighted by molar-refractivity contribution is 5.33. The molecule has 1 aromatic heterocycles. The fourth-order valence-corrected chi connectivity index (χ4v) is 2.59. The van der Waals surface area contributed by atoms with E-state index in [9.17, 15) is 0 Å². The average Bonchev–Trinajstić information content (AvgIpc) is 3.37. The molecule has 0 spiro atoms. The molecule has 0 bridgehead atoms. The second-order valence-corrected chi connectivity index (χ2v) is 5.72. The molecule has 0 amide bonds. The highest BCUT2D eigenvalue weighted by Gasteiger charge is 2.25. The smallest absolute Gasteiger partial charge is 0.324 e. The Bertz CT molecular complexity index is 450. The van der Waals surface area contributed by atoms with E-state index in [1.165, 1.54) is 19.4 Å². The third-order valence-corrected chi connectivity index (χ3v) is 4.12. The predicted octanol–water partition coefficient (Wildman–Crippen LogP) is 0.857. The fraction of sp³-hybridized carbons (Fsp3) is 0.786. The second-order valence-electron chi connectivity index (χ2n) is 5.72. The SMILES string of the molecule is COc1nc(OC)nc(N2CCC(NCC3CC3)CC2)n1. The van der Waals surface area contributed by atoms with Gasteiger partial charge >= 0.3 is 12.0 Å². The number of methoxy groups -OCH3 is 2. The van der Waals surface area contributed by atoms with Crippen LogP contribution in [-0.2, 0) is 0 Å². The van der Waals surface area contributed by atoms with E-state index in [2.05, 4.69) is 25.2 Å². The minimum Gasteiger partial charge on any atom is -0.467 e. The molecule has 2 aliphatic rings. The van der Waals surface area contributed by atoms with Gasteiger partial charge in [0.15, 0.2) is 0 Å². The van der Waals surface area contributed by atoms with E-state index in [-0.39, 0.29) is 0 Å². The molecule has 1 aliphatic heterocycles. The average molecular weight is 293 g/mol. The maximum absolute atomic E-state index is 5.10. The third-order valence-electron chi connectivity index (χ3n) is 4.12. The van der Waals surface area contributed by atoms with E-state index < -0.39 is 0 Å². The highest BCUT2D eigenvalue weighted by Crippen LogP contribution is 2.28. The number of hydrogen-bond acceptors (Lipinski definition) is 7. The van der Waals surface area contributed by atoms with Crippen molar-refractivity contribution in [3.8, 4) is 12.0 Å². The van der Waals surface area contributed by atoms with Crippen molar-refractivity contribution in [1.82, 2.24) is 20.3 Å². The number of ether oxygens (including phenoxy) is 2. The second kappa shape index (κ2) is 6.43.